The minimum atomic E-state index is -0.0652. The molecule has 0 aliphatic rings. The largest absolute Gasteiger partial charge is 0.325 e. The Kier molecular flexibility index (Phi) is 6.15. The van der Waals surface area contributed by atoms with E-state index >= 15 is 0 Å². The maximum Gasteiger partial charge on any atom is 0.224 e. The van der Waals surface area contributed by atoms with Crippen LogP contribution in [0.4, 0.5) is 5.69 Å². The number of Topliss-reactive ketones (excluding diaryl/α,β-unsaturated/α-hetero) is 1. The molecular weight excluding hydrogens is 316 g/mol. The van der Waals surface area contributed by atoms with Gasteiger partial charge in [-0.05, 0) is 32.4 Å². The number of nitrogens with zero attached hydrogens (tertiary/aromatic N) is 1. The normalized spacial score (nSPS) is 10.5. The van der Waals surface area contributed by atoms with E-state index in [4.69, 9.17) is 0 Å². The average Bonchev–Trinajstić information content (AvgIpc) is 2.89. The maximum atomic E-state index is 12.0. The summed E-state index contributed by atoms with van der Waals surface area (Å²) in [5, 5.41) is 4.83. The third kappa shape index (κ3) is 4.96. The lowest BCUT2D eigenvalue weighted by Crippen LogP contribution is -2.13. The zero-order chi connectivity index (χ0) is 15.9. The zero-order valence-electron chi connectivity index (χ0n) is 12.6. The van der Waals surface area contributed by atoms with Crippen LogP contribution in [-0.2, 0) is 4.79 Å². The highest BCUT2D eigenvalue weighted by Gasteiger charge is 2.09. The van der Waals surface area contributed by atoms with E-state index in [1.165, 1.54) is 6.92 Å². The van der Waals surface area contributed by atoms with Gasteiger partial charge in [0.05, 0.1) is 5.69 Å². The Bertz CT molecular complexity index is 668. The van der Waals surface area contributed by atoms with Gasteiger partial charge in [-0.3, -0.25) is 9.59 Å². The fraction of sp³-hybridized carbons (Fsp3) is 0.312. The Labute approximate surface area is 138 Å². The Morgan fingerprint density at radius 1 is 1.32 bits per heavy atom. The summed E-state index contributed by atoms with van der Waals surface area (Å²) in [6.45, 7) is 3.47. The summed E-state index contributed by atoms with van der Waals surface area (Å²) in [4.78, 5) is 27.8. The third-order valence-corrected chi connectivity index (χ3v) is 5.18. The van der Waals surface area contributed by atoms with Crippen LogP contribution in [0.5, 0.6) is 0 Å². The summed E-state index contributed by atoms with van der Waals surface area (Å²) >= 11 is 3.30. The Morgan fingerprint density at radius 3 is 2.77 bits per heavy atom. The molecule has 0 atom stereocenters. The second kappa shape index (κ2) is 8.10. The first-order valence-corrected chi connectivity index (χ1v) is 8.87. The molecule has 1 amide bonds. The summed E-state index contributed by atoms with van der Waals surface area (Å²) in [5.41, 5.74) is 2.16. The molecule has 0 radical (unpaired) electrons. The van der Waals surface area contributed by atoms with Gasteiger partial charge in [-0.2, -0.15) is 0 Å². The van der Waals surface area contributed by atoms with Crippen molar-refractivity contribution in [2.75, 3.05) is 11.1 Å². The molecule has 0 saturated carbocycles. The van der Waals surface area contributed by atoms with Gasteiger partial charge in [0, 0.05) is 28.8 Å². The van der Waals surface area contributed by atoms with Crippen LogP contribution in [0.2, 0.25) is 0 Å². The van der Waals surface area contributed by atoms with E-state index in [1.54, 1.807) is 41.3 Å². The maximum absolute atomic E-state index is 12.0. The molecule has 1 N–H and O–H groups in total. The van der Waals surface area contributed by atoms with Gasteiger partial charge in [-0.25, -0.2) is 4.98 Å². The monoisotopic (exact) mass is 334 g/mol. The average molecular weight is 334 g/mol. The lowest BCUT2D eigenvalue weighted by Gasteiger charge is -2.08. The van der Waals surface area contributed by atoms with Gasteiger partial charge < -0.3 is 5.32 Å². The first-order valence-electron chi connectivity index (χ1n) is 7.01. The molecule has 0 saturated heterocycles. The molecule has 22 heavy (non-hydrogen) atoms. The molecule has 6 heteroatoms. The highest BCUT2D eigenvalue weighted by Crippen LogP contribution is 2.23. The van der Waals surface area contributed by atoms with Crippen LogP contribution in [0, 0.1) is 6.92 Å². The lowest BCUT2D eigenvalue weighted by molar-refractivity contribution is -0.116. The molecule has 0 aliphatic carbocycles. The predicted octanol–water partition coefficient (Wildman–Crippen LogP) is 4.17. The van der Waals surface area contributed by atoms with Crippen molar-refractivity contribution in [2.45, 2.75) is 31.0 Å². The van der Waals surface area contributed by atoms with Crippen LogP contribution < -0.4 is 5.32 Å². The number of thioether (sulfide) groups is 1. The number of para-hydroxylation sites is 1. The summed E-state index contributed by atoms with van der Waals surface area (Å²) in [5.74, 6) is 0.740. The summed E-state index contributed by atoms with van der Waals surface area (Å²) in [7, 11) is 0. The number of amides is 1. The highest BCUT2D eigenvalue weighted by atomic mass is 32.2. The molecule has 0 aliphatic heterocycles. The molecular formula is C16H18N2O2S2. The third-order valence-electron chi connectivity index (χ3n) is 2.95. The van der Waals surface area contributed by atoms with Gasteiger partial charge in [0.1, 0.15) is 4.34 Å². The minimum Gasteiger partial charge on any atom is -0.325 e. The van der Waals surface area contributed by atoms with Crippen molar-refractivity contribution in [3.8, 4) is 0 Å². The number of hydrogen-bond donors (Lipinski definition) is 1. The van der Waals surface area contributed by atoms with E-state index in [0.29, 0.717) is 17.7 Å². The van der Waals surface area contributed by atoms with Crippen LogP contribution in [0.3, 0.4) is 0 Å². The number of carbonyl (C=O) groups is 2. The van der Waals surface area contributed by atoms with E-state index < -0.39 is 0 Å². The predicted molar refractivity (Wildman–Crippen MR) is 91.9 cm³/mol. The van der Waals surface area contributed by atoms with Gasteiger partial charge in [-0.15, -0.1) is 11.3 Å². The van der Waals surface area contributed by atoms with E-state index in [-0.39, 0.29) is 11.7 Å². The van der Waals surface area contributed by atoms with Gasteiger partial charge in [0.15, 0.2) is 5.78 Å². The van der Waals surface area contributed by atoms with E-state index in [9.17, 15) is 9.59 Å². The standard InChI is InChI=1S/C16H18N2O2S2/c1-11-10-22-16(17-11)21-9-5-8-15(20)18-14-7-4-3-6-13(14)12(2)19/h3-4,6-7,10H,5,8-9H2,1-2H3,(H,18,20). The first-order chi connectivity index (χ1) is 10.6. The van der Waals surface area contributed by atoms with Crippen LogP contribution in [-0.4, -0.2) is 22.4 Å². The first kappa shape index (κ1) is 16.7. The van der Waals surface area contributed by atoms with Crippen LogP contribution in [0.15, 0.2) is 34.0 Å². The fourth-order valence-corrected chi connectivity index (χ4v) is 3.76. The number of hydrogen-bond acceptors (Lipinski definition) is 5. The zero-order valence-corrected chi connectivity index (χ0v) is 14.2. The Balaban J connectivity index is 1.77. The van der Waals surface area contributed by atoms with Crippen molar-refractivity contribution in [3.63, 3.8) is 0 Å². The van der Waals surface area contributed by atoms with Gasteiger partial charge in [0.25, 0.3) is 0 Å². The number of ketones is 1. The summed E-state index contributed by atoms with van der Waals surface area (Å²) < 4.78 is 1.04. The van der Waals surface area contributed by atoms with E-state index in [1.807, 2.05) is 18.4 Å². The quantitative estimate of drug-likeness (QED) is 0.469. The highest BCUT2D eigenvalue weighted by molar-refractivity contribution is 8.01. The van der Waals surface area contributed by atoms with Crippen LogP contribution >= 0.6 is 23.1 Å². The number of rotatable bonds is 7. The number of benzene rings is 1. The molecule has 0 spiro atoms. The second-order valence-electron chi connectivity index (χ2n) is 4.86. The van der Waals surface area contributed by atoms with Crippen LogP contribution in [0.25, 0.3) is 0 Å². The van der Waals surface area contributed by atoms with Crippen molar-refractivity contribution < 1.29 is 9.59 Å². The molecule has 0 unspecified atom stereocenters. The number of nitrogens with one attached hydrogen (secondary N) is 1. The number of carbonyl (C=O) groups excluding carboxylic acids is 2. The molecule has 2 rings (SSSR count). The van der Waals surface area contributed by atoms with E-state index in [0.717, 1.165) is 22.2 Å². The molecule has 116 valence electrons. The Morgan fingerprint density at radius 2 is 2.09 bits per heavy atom. The molecule has 2 aromatic rings. The van der Waals surface area contributed by atoms with Crippen molar-refractivity contribution in [2.24, 2.45) is 0 Å². The molecule has 1 aromatic heterocycles. The topological polar surface area (TPSA) is 59.1 Å². The summed E-state index contributed by atoms with van der Waals surface area (Å²) in [6.07, 6.45) is 1.21. The minimum absolute atomic E-state index is 0.0504. The van der Waals surface area contributed by atoms with Crippen molar-refractivity contribution in [1.29, 1.82) is 0 Å². The molecule has 0 bridgehead atoms. The smallest absolute Gasteiger partial charge is 0.224 e. The number of thiazole rings is 1. The number of anilines is 1. The van der Waals surface area contributed by atoms with Gasteiger partial charge in [-0.1, -0.05) is 23.9 Å². The number of aromatic nitrogens is 1. The van der Waals surface area contributed by atoms with Crippen molar-refractivity contribution >= 4 is 40.5 Å². The fourth-order valence-electron chi connectivity index (χ4n) is 1.90. The molecule has 0 fully saturated rings. The van der Waals surface area contributed by atoms with Crippen LogP contribution in [0.1, 0.15) is 35.8 Å². The molecule has 1 heterocycles. The van der Waals surface area contributed by atoms with Crippen molar-refractivity contribution in [1.82, 2.24) is 4.98 Å². The van der Waals surface area contributed by atoms with E-state index in [2.05, 4.69) is 10.3 Å². The number of aryl methyl sites for hydroxylation is 1. The Hall–Kier alpha value is -1.66. The molecule has 1 aromatic carbocycles. The SMILES string of the molecule is CC(=O)c1ccccc1NC(=O)CCCSc1nc(C)cs1. The van der Waals surface area contributed by atoms with Gasteiger partial charge >= 0.3 is 0 Å². The van der Waals surface area contributed by atoms with Crippen molar-refractivity contribution in [3.05, 3.63) is 40.9 Å². The summed E-state index contributed by atoms with van der Waals surface area (Å²) in [6, 6.07) is 7.07. The van der Waals surface area contributed by atoms with Gasteiger partial charge in [0.2, 0.25) is 5.91 Å². The second-order valence-corrected chi connectivity index (χ2v) is 7.06. The lowest BCUT2D eigenvalue weighted by atomic mass is 10.1. The molecule has 4 nitrogen and oxygen atoms in total.